The Morgan fingerprint density at radius 1 is 0.818 bits per heavy atom. The minimum Gasteiger partial charge on any atom is -0.449 e. The predicted octanol–water partition coefficient (Wildman–Crippen LogP) is 7.05. The molecule has 166 valence electrons. The number of para-hydroxylation sites is 1. The maximum Gasteiger partial charge on any atom is 0.411 e. The average molecular weight is 457 g/mol. The minimum absolute atomic E-state index is 0.298. The van der Waals surface area contributed by atoms with E-state index in [1.807, 2.05) is 96.4 Å². The maximum atomic E-state index is 12.1. The van der Waals surface area contributed by atoms with Gasteiger partial charge < -0.3 is 15.4 Å². The van der Waals surface area contributed by atoms with Crippen LogP contribution in [0.1, 0.15) is 5.56 Å². The molecule has 0 atom stereocenters. The van der Waals surface area contributed by atoms with Gasteiger partial charge in [-0.2, -0.15) is 0 Å². The molecule has 1 amide bonds. The molecule has 0 saturated heterocycles. The first-order chi connectivity index (χ1) is 16.2. The second kappa shape index (κ2) is 11.5. The van der Waals surface area contributed by atoms with Gasteiger partial charge in [0.05, 0.1) is 12.9 Å². The summed E-state index contributed by atoms with van der Waals surface area (Å²) in [6.45, 7) is 0.298. The van der Waals surface area contributed by atoms with Crippen molar-refractivity contribution in [3.63, 3.8) is 0 Å². The number of hydrogen-bond donors (Lipinski definition) is 3. The van der Waals surface area contributed by atoms with Crippen LogP contribution < -0.4 is 16.0 Å². The van der Waals surface area contributed by atoms with Gasteiger partial charge in [0, 0.05) is 29.2 Å². The number of hydrogen-bond acceptors (Lipinski definition) is 5. The third kappa shape index (κ3) is 7.22. The maximum absolute atomic E-state index is 12.1. The average Bonchev–Trinajstić information content (AvgIpc) is 3.36. The third-order valence-corrected chi connectivity index (χ3v) is 5.48. The molecule has 4 aromatic rings. The van der Waals surface area contributed by atoms with Gasteiger partial charge in [0.15, 0.2) is 0 Å². The molecular formula is C26H24N4O2S. The SMILES string of the molecule is O=C(Nc1ccc(Nc2ccccc2)cc1)OCCc1ccc(N/C=N/c2cccs2)cc1. The number of nitrogens with one attached hydrogen (secondary N) is 3. The van der Waals surface area contributed by atoms with Crippen molar-refractivity contribution in [2.75, 3.05) is 22.6 Å². The first-order valence-corrected chi connectivity index (χ1v) is 11.4. The number of anilines is 4. The molecule has 1 heterocycles. The van der Waals surface area contributed by atoms with Crippen LogP contribution in [0.2, 0.25) is 0 Å². The van der Waals surface area contributed by atoms with Gasteiger partial charge >= 0.3 is 6.09 Å². The van der Waals surface area contributed by atoms with E-state index >= 15 is 0 Å². The zero-order valence-electron chi connectivity index (χ0n) is 17.9. The van der Waals surface area contributed by atoms with Crippen LogP contribution in [0.4, 0.5) is 32.5 Å². The van der Waals surface area contributed by atoms with Crippen molar-refractivity contribution in [2.45, 2.75) is 6.42 Å². The number of benzene rings is 3. The van der Waals surface area contributed by atoms with Gasteiger partial charge in [-0.05, 0) is 71.6 Å². The molecule has 3 aromatic carbocycles. The normalized spacial score (nSPS) is 10.7. The molecule has 0 aliphatic carbocycles. The fraction of sp³-hybridized carbons (Fsp3) is 0.0769. The molecule has 0 fully saturated rings. The fourth-order valence-electron chi connectivity index (χ4n) is 3.02. The number of carbonyl (C=O) groups is 1. The molecule has 0 bridgehead atoms. The van der Waals surface area contributed by atoms with Crippen molar-refractivity contribution in [3.8, 4) is 0 Å². The Morgan fingerprint density at radius 3 is 2.24 bits per heavy atom. The van der Waals surface area contributed by atoms with Crippen molar-refractivity contribution >= 4 is 51.5 Å². The van der Waals surface area contributed by atoms with E-state index in [1.165, 1.54) is 0 Å². The van der Waals surface area contributed by atoms with Crippen LogP contribution in [0.25, 0.3) is 0 Å². The summed E-state index contributed by atoms with van der Waals surface area (Å²) in [7, 11) is 0. The highest BCUT2D eigenvalue weighted by atomic mass is 32.1. The number of nitrogens with zero attached hydrogens (tertiary/aromatic N) is 1. The van der Waals surface area contributed by atoms with Crippen molar-refractivity contribution in [1.29, 1.82) is 0 Å². The molecule has 4 rings (SSSR count). The molecule has 0 aliphatic rings. The Balaban J connectivity index is 1.17. The predicted molar refractivity (Wildman–Crippen MR) is 137 cm³/mol. The lowest BCUT2D eigenvalue weighted by Gasteiger charge is -2.09. The zero-order chi connectivity index (χ0) is 22.7. The number of ether oxygens (including phenoxy) is 1. The molecule has 3 N–H and O–H groups in total. The lowest BCUT2D eigenvalue weighted by Crippen LogP contribution is -2.15. The molecule has 0 spiro atoms. The Morgan fingerprint density at radius 2 is 1.52 bits per heavy atom. The topological polar surface area (TPSA) is 74.8 Å². The van der Waals surface area contributed by atoms with Gasteiger partial charge in [-0.3, -0.25) is 5.32 Å². The fourth-order valence-corrected chi connectivity index (χ4v) is 3.59. The first-order valence-electron chi connectivity index (χ1n) is 10.5. The third-order valence-electron chi connectivity index (χ3n) is 4.70. The molecule has 0 radical (unpaired) electrons. The molecule has 6 nitrogen and oxygen atoms in total. The van der Waals surface area contributed by atoms with Crippen LogP contribution in [0.5, 0.6) is 0 Å². The van der Waals surface area contributed by atoms with E-state index in [0.717, 1.165) is 27.6 Å². The van der Waals surface area contributed by atoms with E-state index in [4.69, 9.17) is 4.74 Å². The van der Waals surface area contributed by atoms with Gasteiger partial charge in [0.25, 0.3) is 0 Å². The summed E-state index contributed by atoms with van der Waals surface area (Å²) in [5, 5.41) is 12.1. The second-order valence-corrected chi connectivity index (χ2v) is 8.06. The Hall–Kier alpha value is -4.10. The highest BCUT2D eigenvalue weighted by Crippen LogP contribution is 2.19. The Kier molecular flexibility index (Phi) is 7.70. The summed E-state index contributed by atoms with van der Waals surface area (Å²) >= 11 is 1.59. The van der Waals surface area contributed by atoms with Crippen LogP contribution in [-0.2, 0) is 11.2 Å². The Labute approximate surface area is 197 Å². The van der Waals surface area contributed by atoms with E-state index in [0.29, 0.717) is 18.7 Å². The van der Waals surface area contributed by atoms with Crippen LogP contribution in [-0.4, -0.2) is 19.0 Å². The number of aliphatic imine (C=N–C) groups is 1. The first kappa shape index (κ1) is 22.1. The molecule has 33 heavy (non-hydrogen) atoms. The number of thiophene rings is 1. The van der Waals surface area contributed by atoms with Gasteiger partial charge in [-0.25, -0.2) is 9.79 Å². The molecule has 0 aliphatic heterocycles. The number of amides is 1. The Bertz CT molecular complexity index is 1160. The van der Waals surface area contributed by atoms with E-state index in [1.54, 1.807) is 17.7 Å². The van der Waals surface area contributed by atoms with Crippen LogP contribution >= 0.6 is 11.3 Å². The summed E-state index contributed by atoms with van der Waals surface area (Å²) < 4.78 is 5.31. The summed E-state index contributed by atoms with van der Waals surface area (Å²) in [6.07, 6.45) is 1.84. The van der Waals surface area contributed by atoms with Crippen LogP contribution in [0, 0.1) is 0 Å². The molecule has 0 saturated carbocycles. The van der Waals surface area contributed by atoms with Crippen molar-refractivity contribution in [3.05, 3.63) is 102 Å². The second-order valence-electron chi connectivity index (χ2n) is 7.13. The molecule has 7 heteroatoms. The molecule has 0 unspecified atom stereocenters. The monoisotopic (exact) mass is 456 g/mol. The zero-order valence-corrected chi connectivity index (χ0v) is 18.7. The van der Waals surface area contributed by atoms with Gasteiger partial charge in [-0.1, -0.05) is 30.3 Å². The number of rotatable bonds is 9. The largest absolute Gasteiger partial charge is 0.449 e. The standard InChI is InChI=1S/C26H24N4O2S/c31-26(30-24-14-12-23(13-15-24)29-22-5-2-1-3-6-22)32-17-16-20-8-10-21(11-9-20)27-19-28-25-7-4-18-33-25/h1-15,18-19,29H,16-17H2,(H,27,28)(H,30,31). The summed E-state index contributed by atoms with van der Waals surface area (Å²) in [6, 6.07) is 29.3. The van der Waals surface area contributed by atoms with Gasteiger partial charge in [0.1, 0.15) is 5.00 Å². The smallest absolute Gasteiger partial charge is 0.411 e. The summed E-state index contributed by atoms with van der Waals surface area (Å²) in [5.41, 5.74) is 4.66. The highest BCUT2D eigenvalue weighted by molar-refractivity contribution is 7.13. The van der Waals surface area contributed by atoms with Gasteiger partial charge in [-0.15, -0.1) is 11.3 Å². The van der Waals surface area contributed by atoms with E-state index < -0.39 is 6.09 Å². The minimum atomic E-state index is -0.471. The summed E-state index contributed by atoms with van der Waals surface area (Å²) in [4.78, 5) is 16.4. The molecule has 1 aromatic heterocycles. The summed E-state index contributed by atoms with van der Waals surface area (Å²) in [5.74, 6) is 0. The van der Waals surface area contributed by atoms with E-state index in [2.05, 4.69) is 20.9 Å². The lowest BCUT2D eigenvalue weighted by molar-refractivity contribution is 0.163. The van der Waals surface area contributed by atoms with Crippen molar-refractivity contribution in [1.82, 2.24) is 0 Å². The van der Waals surface area contributed by atoms with Crippen molar-refractivity contribution in [2.24, 2.45) is 4.99 Å². The lowest BCUT2D eigenvalue weighted by atomic mass is 10.1. The van der Waals surface area contributed by atoms with Gasteiger partial charge in [0.2, 0.25) is 0 Å². The quantitative estimate of drug-likeness (QED) is 0.186. The van der Waals surface area contributed by atoms with Crippen LogP contribution in [0.3, 0.4) is 0 Å². The highest BCUT2D eigenvalue weighted by Gasteiger charge is 2.04. The van der Waals surface area contributed by atoms with Crippen LogP contribution in [0.15, 0.2) is 101 Å². The number of carbonyl (C=O) groups excluding carboxylic acids is 1. The van der Waals surface area contributed by atoms with E-state index in [9.17, 15) is 4.79 Å². The molecular weight excluding hydrogens is 432 g/mol. The van der Waals surface area contributed by atoms with Crippen molar-refractivity contribution < 1.29 is 9.53 Å². The van der Waals surface area contributed by atoms with E-state index in [-0.39, 0.29) is 0 Å².